The van der Waals surface area contributed by atoms with Crippen LogP contribution in [-0.2, 0) is 0 Å². The van der Waals surface area contributed by atoms with Crippen molar-refractivity contribution in [2.24, 2.45) is 0 Å². The van der Waals surface area contributed by atoms with Crippen molar-refractivity contribution >= 4 is 29.0 Å². The van der Waals surface area contributed by atoms with Crippen molar-refractivity contribution in [3.63, 3.8) is 0 Å². The smallest absolute Gasteiger partial charge is 0.274 e. The lowest BCUT2D eigenvalue weighted by molar-refractivity contribution is 0.874. The molecule has 2 aromatic carbocycles. The molecule has 0 radical (unpaired) electrons. The largest absolute Gasteiger partial charge is 0.383 e. The van der Waals surface area contributed by atoms with Crippen LogP contribution >= 0.6 is 23.2 Å². The fourth-order valence-corrected chi connectivity index (χ4v) is 2.68. The van der Waals surface area contributed by atoms with Gasteiger partial charge < -0.3 is 5.73 Å². The van der Waals surface area contributed by atoms with Gasteiger partial charge in [0.15, 0.2) is 0 Å². The molecule has 4 nitrogen and oxygen atoms in total. The summed E-state index contributed by atoms with van der Waals surface area (Å²) in [5, 5.41) is 3.60. The molecule has 3 N–H and O–H groups in total. The van der Waals surface area contributed by atoms with Crippen LogP contribution in [0.3, 0.4) is 0 Å². The number of nitrogens with zero attached hydrogens (tertiary/aromatic N) is 1. The van der Waals surface area contributed by atoms with Crippen LogP contribution in [-0.4, -0.2) is 9.78 Å². The molecule has 1 heterocycles. The highest BCUT2D eigenvalue weighted by Crippen LogP contribution is 2.32. The van der Waals surface area contributed by atoms with Crippen LogP contribution in [0, 0.1) is 0 Å². The van der Waals surface area contributed by atoms with Crippen LogP contribution in [0.25, 0.3) is 16.8 Å². The van der Waals surface area contributed by atoms with Crippen molar-refractivity contribution in [2.45, 2.75) is 0 Å². The molecule has 0 aliphatic carbocycles. The van der Waals surface area contributed by atoms with E-state index in [1.165, 1.54) is 4.68 Å². The first-order valence-corrected chi connectivity index (χ1v) is 6.95. The van der Waals surface area contributed by atoms with E-state index in [4.69, 9.17) is 28.9 Å². The molecule has 6 heteroatoms. The van der Waals surface area contributed by atoms with Gasteiger partial charge in [-0.25, -0.2) is 4.68 Å². The van der Waals surface area contributed by atoms with Crippen LogP contribution in [0.4, 0.5) is 5.82 Å². The number of H-pyrrole nitrogens is 1. The highest BCUT2D eigenvalue weighted by atomic mass is 35.5. The van der Waals surface area contributed by atoms with Crippen molar-refractivity contribution in [3.05, 3.63) is 68.9 Å². The number of anilines is 1. The Hall–Kier alpha value is -2.17. The van der Waals surface area contributed by atoms with Crippen LogP contribution in [0.5, 0.6) is 0 Å². The van der Waals surface area contributed by atoms with Crippen LogP contribution in [0.2, 0.25) is 10.0 Å². The molecule has 0 saturated heterocycles. The quantitative estimate of drug-likeness (QED) is 0.756. The third-order valence-corrected chi connectivity index (χ3v) is 3.70. The van der Waals surface area contributed by atoms with Gasteiger partial charge in [-0.1, -0.05) is 47.5 Å². The molecule has 3 aromatic rings. The Labute approximate surface area is 130 Å². The van der Waals surface area contributed by atoms with Crippen LogP contribution < -0.4 is 11.3 Å². The van der Waals surface area contributed by atoms with Gasteiger partial charge in [-0.3, -0.25) is 9.89 Å². The first-order valence-electron chi connectivity index (χ1n) is 6.19. The predicted molar refractivity (Wildman–Crippen MR) is 86.3 cm³/mol. The minimum Gasteiger partial charge on any atom is -0.383 e. The molecule has 3 rings (SSSR count). The number of nitrogens with one attached hydrogen (secondary N) is 1. The number of nitrogen functional groups attached to an aromatic ring is 1. The standard InChI is InChI=1S/C15H11Cl2N3O/c16-9-6-7-11(12(17)8-9)13-14(18)20(19-15(13)21)10-4-2-1-3-5-10/h1-8H,18H2,(H,19,21). The number of aromatic nitrogens is 2. The number of aromatic amines is 1. The fraction of sp³-hybridized carbons (Fsp3) is 0. The number of para-hydroxylation sites is 1. The van der Waals surface area contributed by atoms with E-state index in [9.17, 15) is 4.79 Å². The maximum Gasteiger partial charge on any atom is 0.274 e. The van der Waals surface area contributed by atoms with E-state index in [1.54, 1.807) is 18.2 Å². The average molecular weight is 320 g/mol. The highest BCUT2D eigenvalue weighted by Gasteiger charge is 2.17. The second-order valence-electron chi connectivity index (χ2n) is 4.50. The second-order valence-corrected chi connectivity index (χ2v) is 5.34. The Balaban J connectivity index is 2.22. The predicted octanol–water partition coefficient (Wildman–Crippen LogP) is 3.72. The summed E-state index contributed by atoms with van der Waals surface area (Å²) in [7, 11) is 0. The Kier molecular flexibility index (Phi) is 3.49. The lowest BCUT2D eigenvalue weighted by Gasteiger charge is -2.06. The molecule has 0 aliphatic heterocycles. The van der Waals surface area contributed by atoms with E-state index in [-0.39, 0.29) is 5.56 Å². The van der Waals surface area contributed by atoms with Gasteiger partial charge in [-0.05, 0) is 24.3 Å². The lowest BCUT2D eigenvalue weighted by atomic mass is 10.1. The van der Waals surface area contributed by atoms with Crippen LogP contribution in [0.1, 0.15) is 0 Å². The summed E-state index contributed by atoms with van der Waals surface area (Å²) in [5.41, 5.74) is 7.46. The number of nitrogens with two attached hydrogens (primary N) is 1. The third kappa shape index (κ3) is 2.44. The fourth-order valence-electron chi connectivity index (χ4n) is 2.18. The zero-order chi connectivity index (χ0) is 15.0. The van der Waals surface area contributed by atoms with Gasteiger partial charge in [-0.2, -0.15) is 0 Å². The van der Waals surface area contributed by atoms with Gasteiger partial charge in [0.05, 0.1) is 16.3 Å². The summed E-state index contributed by atoms with van der Waals surface area (Å²) >= 11 is 12.0. The highest BCUT2D eigenvalue weighted by molar-refractivity contribution is 6.36. The molecule has 106 valence electrons. The van der Waals surface area contributed by atoms with E-state index in [1.807, 2.05) is 30.3 Å². The van der Waals surface area contributed by atoms with Gasteiger partial charge >= 0.3 is 0 Å². The normalized spacial score (nSPS) is 10.8. The average Bonchev–Trinajstić information content (AvgIpc) is 2.76. The van der Waals surface area contributed by atoms with Crippen molar-refractivity contribution in [2.75, 3.05) is 5.73 Å². The molecule has 0 unspecified atom stereocenters. The molecule has 0 bridgehead atoms. The zero-order valence-electron chi connectivity index (χ0n) is 10.8. The monoisotopic (exact) mass is 319 g/mol. The van der Waals surface area contributed by atoms with Crippen molar-refractivity contribution in [1.82, 2.24) is 9.78 Å². The topological polar surface area (TPSA) is 63.8 Å². The summed E-state index contributed by atoms with van der Waals surface area (Å²) in [6.45, 7) is 0. The molecule has 0 amide bonds. The molecule has 0 saturated carbocycles. The Bertz CT molecular complexity index is 853. The number of rotatable bonds is 2. The van der Waals surface area contributed by atoms with Gasteiger partial charge in [-0.15, -0.1) is 0 Å². The van der Waals surface area contributed by atoms with E-state index in [2.05, 4.69) is 5.10 Å². The first kappa shape index (κ1) is 13.8. The van der Waals surface area contributed by atoms with Crippen molar-refractivity contribution < 1.29 is 0 Å². The van der Waals surface area contributed by atoms with Gasteiger partial charge in [0.1, 0.15) is 5.82 Å². The Morgan fingerprint density at radius 3 is 2.43 bits per heavy atom. The molecular weight excluding hydrogens is 309 g/mol. The molecule has 0 atom stereocenters. The summed E-state index contributed by atoms with van der Waals surface area (Å²) < 4.78 is 1.53. The zero-order valence-corrected chi connectivity index (χ0v) is 12.3. The van der Waals surface area contributed by atoms with E-state index < -0.39 is 0 Å². The van der Waals surface area contributed by atoms with E-state index in [0.717, 1.165) is 5.69 Å². The van der Waals surface area contributed by atoms with Gasteiger partial charge in [0.2, 0.25) is 0 Å². The third-order valence-electron chi connectivity index (χ3n) is 3.15. The van der Waals surface area contributed by atoms with E-state index >= 15 is 0 Å². The minimum absolute atomic E-state index is 0.301. The molecule has 1 aromatic heterocycles. The van der Waals surface area contributed by atoms with Gasteiger partial charge in [0.25, 0.3) is 5.56 Å². The summed E-state index contributed by atoms with van der Waals surface area (Å²) in [5.74, 6) is 0.301. The molecule has 21 heavy (non-hydrogen) atoms. The molecule has 0 spiro atoms. The Morgan fingerprint density at radius 1 is 1.05 bits per heavy atom. The maximum absolute atomic E-state index is 12.2. The minimum atomic E-state index is -0.305. The van der Waals surface area contributed by atoms with Crippen molar-refractivity contribution in [1.29, 1.82) is 0 Å². The van der Waals surface area contributed by atoms with Crippen molar-refractivity contribution in [3.8, 4) is 16.8 Å². The van der Waals surface area contributed by atoms with E-state index in [0.29, 0.717) is 27.0 Å². The summed E-state index contributed by atoms with van der Waals surface area (Å²) in [6.07, 6.45) is 0. The first-order chi connectivity index (χ1) is 10.1. The SMILES string of the molecule is Nc1c(-c2ccc(Cl)cc2Cl)c(=O)[nH]n1-c1ccccc1. The number of halogens is 2. The second kappa shape index (κ2) is 5.31. The van der Waals surface area contributed by atoms with Crippen LogP contribution in [0.15, 0.2) is 53.3 Å². The number of hydrogen-bond donors (Lipinski definition) is 2. The Morgan fingerprint density at radius 2 is 1.76 bits per heavy atom. The summed E-state index contributed by atoms with van der Waals surface area (Å²) in [4.78, 5) is 12.2. The molecule has 0 fully saturated rings. The molecule has 0 aliphatic rings. The summed E-state index contributed by atoms with van der Waals surface area (Å²) in [6, 6.07) is 14.2. The molecular formula is C15H11Cl2N3O. The maximum atomic E-state index is 12.2. The number of hydrogen-bond acceptors (Lipinski definition) is 2. The number of benzene rings is 2. The lowest BCUT2D eigenvalue weighted by Crippen LogP contribution is -2.05. The van der Waals surface area contributed by atoms with Gasteiger partial charge in [0, 0.05) is 10.6 Å².